The molecule has 33 heavy (non-hydrogen) atoms. The van der Waals surface area contributed by atoms with E-state index in [0.29, 0.717) is 58.1 Å². The molecular formula is C25H24N4O3S. The van der Waals surface area contributed by atoms with Gasteiger partial charge in [0.05, 0.1) is 25.4 Å². The minimum atomic E-state index is -0.0296. The molecule has 0 amide bonds. The highest BCUT2D eigenvalue weighted by Crippen LogP contribution is 2.33. The third-order valence-corrected chi connectivity index (χ3v) is 5.72. The van der Waals surface area contributed by atoms with Crippen LogP contribution in [0.3, 0.4) is 0 Å². The number of nitrogen functional groups attached to an aromatic ring is 1. The van der Waals surface area contributed by atoms with Gasteiger partial charge >= 0.3 is 0 Å². The van der Waals surface area contributed by atoms with Gasteiger partial charge in [0.1, 0.15) is 11.5 Å². The van der Waals surface area contributed by atoms with Crippen molar-refractivity contribution < 1.29 is 14.3 Å². The Kier molecular flexibility index (Phi) is 6.65. The normalized spacial score (nSPS) is 10.8. The second-order valence-electron chi connectivity index (χ2n) is 7.46. The number of nitrogens with zero attached hydrogens (tertiary/aromatic N) is 3. The number of rotatable bonds is 8. The fourth-order valence-electron chi connectivity index (χ4n) is 3.68. The zero-order valence-electron chi connectivity index (χ0n) is 18.4. The monoisotopic (exact) mass is 460 g/mol. The van der Waals surface area contributed by atoms with Crippen LogP contribution in [-0.4, -0.2) is 34.5 Å². The van der Waals surface area contributed by atoms with Gasteiger partial charge in [0.25, 0.3) is 0 Å². The fourth-order valence-corrected chi connectivity index (χ4v) is 3.97. The van der Waals surface area contributed by atoms with Crippen molar-refractivity contribution in [2.24, 2.45) is 0 Å². The molecule has 0 spiro atoms. The Morgan fingerprint density at radius 2 is 1.73 bits per heavy atom. The number of ketones is 1. The fraction of sp³-hybridized carbons (Fsp3) is 0.200. The van der Waals surface area contributed by atoms with Gasteiger partial charge in [-0.05, 0) is 36.8 Å². The molecule has 0 fully saturated rings. The molecule has 0 saturated heterocycles. The van der Waals surface area contributed by atoms with Crippen molar-refractivity contribution in [3.63, 3.8) is 0 Å². The lowest BCUT2D eigenvalue weighted by atomic mass is 10.1. The predicted molar refractivity (Wildman–Crippen MR) is 131 cm³/mol. The summed E-state index contributed by atoms with van der Waals surface area (Å²) in [6.45, 7) is 0.464. The van der Waals surface area contributed by atoms with E-state index in [-0.39, 0.29) is 5.78 Å². The molecule has 0 radical (unpaired) electrons. The average molecular weight is 461 g/mol. The van der Waals surface area contributed by atoms with Crippen molar-refractivity contribution in [2.75, 3.05) is 20.0 Å². The SMILES string of the molecule is COc1cc2nc(=S)n(CCCC(=O)c3cccc(-c4ccccc4)n3)c(N)c2cc1OC. The zero-order valence-corrected chi connectivity index (χ0v) is 19.3. The van der Waals surface area contributed by atoms with Crippen LogP contribution in [0.15, 0.2) is 60.7 Å². The summed E-state index contributed by atoms with van der Waals surface area (Å²) in [6.07, 6.45) is 0.867. The first-order valence-corrected chi connectivity index (χ1v) is 10.9. The van der Waals surface area contributed by atoms with Crippen LogP contribution in [0.1, 0.15) is 23.3 Å². The van der Waals surface area contributed by atoms with Gasteiger partial charge in [-0.3, -0.25) is 4.79 Å². The van der Waals surface area contributed by atoms with Gasteiger partial charge in [-0.1, -0.05) is 36.4 Å². The van der Waals surface area contributed by atoms with E-state index >= 15 is 0 Å². The van der Waals surface area contributed by atoms with Crippen molar-refractivity contribution in [2.45, 2.75) is 19.4 Å². The number of anilines is 1. The number of nitrogens with two attached hydrogens (primary N) is 1. The summed E-state index contributed by atoms with van der Waals surface area (Å²) in [5.41, 5.74) is 9.23. The molecule has 0 aliphatic rings. The number of ether oxygens (including phenoxy) is 2. The maximum Gasteiger partial charge on any atom is 0.201 e. The second kappa shape index (κ2) is 9.79. The number of carbonyl (C=O) groups is 1. The molecule has 4 aromatic rings. The molecule has 2 heterocycles. The number of methoxy groups -OCH3 is 2. The van der Waals surface area contributed by atoms with Gasteiger partial charge in [-0.2, -0.15) is 0 Å². The molecule has 0 aliphatic carbocycles. The Bertz CT molecular complexity index is 1370. The summed E-state index contributed by atoms with van der Waals surface area (Å²) >= 11 is 5.45. The van der Waals surface area contributed by atoms with Crippen LogP contribution in [0.4, 0.5) is 5.82 Å². The van der Waals surface area contributed by atoms with Crippen molar-refractivity contribution in [1.82, 2.24) is 14.5 Å². The smallest absolute Gasteiger partial charge is 0.201 e. The highest BCUT2D eigenvalue weighted by molar-refractivity contribution is 7.71. The Morgan fingerprint density at radius 1 is 1.00 bits per heavy atom. The highest BCUT2D eigenvalue weighted by atomic mass is 32.1. The van der Waals surface area contributed by atoms with Crippen LogP contribution in [0, 0.1) is 4.77 Å². The topological polar surface area (TPSA) is 92.3 Å². The quantitative estimate of drug-likeness (QED) is 0.289. The van der Waals surface area contributed by atoms with Crippen LogP contribution < -0.4 is 15.2 Å². The molecule has 0 saturated carbocycles. The number of aromatic nitrogens is 3. The lowest BCUT2D eigenvalue weighted by Gasteiger charge is -2.15. The van der Waals surface area contributed by atoms with E-state index in [0.717, 1.165) is 11.3 Å². The first-order valence-electron chi connectivity index (χ1n) is 10.5. The van der Waals surface area contributed by atoms with E-state index in [9.17, 15) is 4.79 Å². The second-order valence-corrected chi connectivity index (χ2v) is 7.82. The van der Waals surface area contributed by atoms with Crippen LogP contribution >= 0.6 is 12.2 Å². The summed E-state index contributed by atoms with van der Waals surface area (Å²) in [5, 5.41) is 0.713. The number of hydrogen-bond donors (Lipinski definition) is 1. The highest BCUT2D eigenvalue weighted by Gasteiger charge is 2.14. The largest absolute Gasteiger partial charge is 0.493 e. The Labute approximate surface area is 196 Å². The van der Waals surface area contributed by atoms with Gasteiger partial charge in [0.2, 0.25) is 4.77 Å². The summed E-state index contributed by atoms with van der Waals surface area (Å²) in [5.74, 6) is 1.56. The van der Waals surface area contributed by atoms with E-state index in [4.69, 9.17) is 27.4 Å². The Balaban J connectivity index is 1.51. The van der Waals surface area contributed by atoms with Crippen molar-refractivity contribution >= 4 is 34.7 Å². The van der Waals surface area contributed by atoms with Gasteiger partial charge in [0, 0.05) is 30.0 Å². The number of carbonyl (C=O) groups excluding carboxylic acids is 1. The first-order chi connectivity index (χ1) is 16.0. The zero-order chi connectivity index (χ0) is 23.4. The maximum absolute atomic E-state index is 12.8. The van der Waals surface area contributed by atoms with Crippen molar-refractivity contribution in [3.8, 4) is 22.8 Å². The maximum atomic E-state index is 12.8. The number of benzene rings is 2. The van der Waals surface area contributed by atoms with Crippen LogP contribution in [0.2, 0.25) is 0 Å². The molecule has 4 rings (SSSR count). The van der Waals surface area contributed by atoms with Gasteiger partial charge < -0.3 is 19.8 Å². The van der Waals surface area contributed by atoms with E-state index in [1.807, 2.05) is 42.5 Å². The Morgan fingerprint density at radius 3 is 2.45 bits per heavy atom. The molecule has 2 aromatic heterocycles. The van der Waals surface area contributed by atoms with Gasteiger partial charge in [-0.25, -0.2) is 9.97 Å². The summed E-state index contributed by atoms with van der Waals surface area (Å²) in [6, 6.07) is 18.8. The predicted octanol–water partition coefficient (Wildman–Crippen LogP) is 5.09. The molecule has 0 aliphatic heterocycles. The third-order valence-electron chi connectivity index (χ3n) is 5.41. The number of hydrogen-bond acceptors (Lipinski definition) is 7. The standard InChI is InChI=1S/C25H24N4O3S/c1-31-22-14-17-20(15-23(22)32-2)28-25(33)29(24(17)26)13-7-12-21(30)19-11-6-10-18(27-19)16-8-4-3-5-9-16/h3-6,8-11,14-15H,7,12-13,26H2,1-2H3. The molecule has 0 atom stereocenters. The number of Topliss-reactive ketones (excluding diaryl/α,β-unsaturated/α-hetero) is 1. The average Bonchev–Trinajstić information content (AvgIpc) is 2.85. The van der Waals surface area contributed by atoms with E-state index in [1.54, 1.807) is 37.0 Å². The van der Waals surface area contributed by atoms with Gasteiger partial charge in [0.15, 0.2) is 17.3 Å². The lowest BCUT2D eigenvalue weighted by Crippen LogP contribution is -2.11. The van der Waals surface area contributed by atoms with E-state index < -0.39 is 0 Å². The summed E-state index contributed by atoms with van der Waals surface area (Å²) in [7, 11) is 3.13. The minimum Gasteiger partial charge on any atom is -0.493 e. The van der Waals surface area contributed by atoms with Gasteiger partial charge in [-0.15, -0.1) is 0 Å². The van der Waals surface area contributed by atoms with Crippen LogP contribution in [0.25, 0.3) is 22.2 Å². The molecule has 8 heteroatoms. The molecular weight excluding hydrogens is 436 g/mol. The molecule has 2 aromatic carbocycles. The molecule has 7 nitrogen and oxygen atoms in total. The van der Waals surface area contributed by atoms with E-state index in [1.165, 1.54) is 0 Å². The third kappa shape index (κ3) is 4.70. The molecule has 168 valence electrons. The van der Waals surface area contributed by atoms with Crippen LogP contribution in [0.5, 0.6) is 11.5 Å². The van der Waals surface area contributed by atoms with E-state index in [2.05, 4.69) is 9.97 Å². The lowest BCUT2D eigenvalue weighted by molar-refractivity contribution is 0.0973. The number of fused-ring (bicyclic) bond motifs is 1. The first kappa shape index (κ1) is 22.4. The molecule has 2 N–H and O–H groups in total. The van der Waals surface area contributed by atoms with Crippen molar-refractivity contribution in [1.29, 1.82) is 0 Å². The van der Waals surface area contributed by atoms with Crippen LogP contribution in [-0.2, 0) is 6.54 Å². The Hall–Kier alpha value is -3.78. The number of pyridine rings is 1. The summed E-state index contributed by atoms with van der Waals surface area (Å²) in [4.78, 5) is 21.8. The molecule has 0 unspecified atom stereocenters. The minimum absolute atomic E-state index is 0.0296. The molecule has 0 bridgehead atoms. The van der Waals surface area contributed by atoms with Crippen molar-refractivity contribution in [3.05, 3.63) is 71.1 Å². The summed E-state index contributed by atoms with van der Waals surface area (Å²) < 4.78 is 12.8.